The van der Waals surface area contributed by atoms with Crippen molar-refractivity contribution >= 4 is 96.5 Å². The standard InChI is InChI=1S/C18H24O4.C14H20O3.C10H14O.C4H5BrO2.C4H5ClO.CH4.ClH.Cu.HI.Zn/c1-10(2)16(19)22-18(15-3-4-21-17(15)20)13-6-11-5-12(8-13)9-14(18)7-11;15-13-12(1-2-17-13)14(16)10-4-8-3-9(6-10)7-11(14)5-8;11-10-8-2-6-1-7(4-8)5-9(10)3-6;5-3-1-2-7-4(3)6;1-3(2)4(5)6;;;;;/h11-15H,1,3-9H2,2H3;8-12,16H,1-7H2;6-9H,1-5H2;3H,1-2H2;1H2,2H3;1H4;1H;;1H;/q;;;;;;;+1;;/p-1. The van der Waals surface area contributed by atoms with E-state index in [4.69, 9.17) is 25.8 Å². The van der Waals surface area contributed by atoms with E-state index in [1.807, 2.05) is 0 Å². The van der Waals surface area contributed by atoms with Gasteiger partial charge in [0.05, 0.1) is 31.3 Å². The molecule has 3 saturated heterocycles. The summed E-state index contributed by atoms with van der Waals surface area (Å²) in [6.45, 7) is 11.8. The number of Topliss-reactive ketones (excluding diaryl/α,β-unsaturated/α-hetero) is 1. The minimum Gasteiger partial charge on any atom is 0 e. The van der Waals surface area contributed by atoms with Crippen LogP contribution in [0.3, 0.4) is 0 Å². The summed E-state index contributed by atoms with van der Waals surface area (Å²) in [5, 5.41) is 10.7. The van der Waals surface area contributed by atoms with E-state index in [2.05, 4.69) is 59.0 Å². The molecular formula is C51H73BrCl2CuIO11Zn. The van der Waals surface area contributed by atoms with Crippen molar-refractivity contribution in [1.29, 1.82) is 0 Å². The summed E-state index contributed by atoms with van der Waals surface area (Å²) >= 11 is 11.7. The number of rotatable bonds is 5. The van der Waals surface area contributed by atoms with Gasteiger partial charge >= 0.3 is 49.1 Å². The molecule has 3 unspecified atom stereocenters. The van der Waals surface area contributed by atoms with Gasteiger partial charge in [-0.3, -0.25) is 24.0 Å². The van der Waals surface area contributed by atoms with Gasteiger partial charge in [-0.05, 0) is 182 Å². The molecule has 0 amide bonds. The SMILES string of the molecule is C.C=C(C)C(=O)Cl.C=C(C)C(=O)OC1(C2CCOC2=O)C2CC3CC(C2)CC1C3.I.O=C1C2CC3CC(C2)CC1C3.O=C1OCCC1Br.O=C1OCCC1C1(O)C2CC3CC(C2)CC1C3.[Cl][Cu].[Zn]. The Bertz CT molecular complexity index is 1770. The first-order valence-corrected chi connectivity index (χ1v) is 26.8. The van der Waals surface area contributed by atoms with E-state index in [0.29, 0.717) is 78.7 Å². The Kier molecular flexibility index (Phi) is 22.7. The Balaban J connectivity index is 0.000000195. The summed E-state index contributed by atoms with van der Waals surface area (Å²) in [4.78, 5) is 68.1. The van der Waals surface area contributed by atoms with Gasteiger partial charge in [0, 0.05) is 60.7 Å². The summed E-state index contributed by atoms with van der Waals surface area (Å²) in [6.07, 6.45) is 20.3. The maximum Gasteiger partial charge on any atom is 0 e. The summed E-state index contributed by atoms with van der Waals surface area (Å²) in [5.41, 5.74) is -0.547. The molecule has 12 saturated carbocycles. The molecule has 0 aromatic rings. The van der Waals surface area contributed by atoms with Crippen molar-refractivity contribution in [3.05, 3.63) is 24.3 Å². The molecule has 11 nitrogen and oxygen atoms in total. The van der Waals surface area contributed by atoms with E-state index >= 15 is 0 Å². The molecule has 15 rings (SSSR count). The largest absolute Gasteiger partial charge is 0 e. The number of ketones is 1. The van der Waals surface area contributed by atoms with Crippen LogP contribution in [-0.2, 0) is 82.3 Å². The number of ether oxygens (including phenoxy) is 4. The van der Waals surface area contributed by atoms with E-state index in [9.17, 15) is 33.9 Å². The number of esters is 4. The van der Waals surface area contributed by atoms with E-state index in [0.717, 1.165) is 99.7 Å². The third-order valence-electron chi connectivity index (χ3n) is 17.6. The van der Waals surface area contributed by atoms with Crippen molar-refractivity contribution in [2.75, 3.05) is 19.8 Å². The summed E-state index contributed by atoms with van der Waals surface area (Å²) in [6, 6.07) is 0. The van der Waals surface area contributed by atoms with Crippen molar-refractivity contribution < 1.29 is 87.4 Å². The quantitative estimate of drug-likeness (QED) is 0.0531. The van der Waals surface area contributed by atoms with Crippen LogP contribution < -0.4 is 0 Å². The number of alkyl halides is 1. The molecule has 0 aromatic heterocycles. The second-order valence-corrected chi connectivity index (χ2v) is 23.2. The molecule has 3 aliphatic heterocycles. The molecule has 3 atom stereocenters. The molecule has 15 aliphatic rings. The van der Waals surface area contributed by atoms with Gasteiger partial charge in [0.25, 0.3) is 0 Å². The molecule has 17 heteroatoms. The predicted molar refractivity (Wildman–Crippen MR) is 265 cm³/mol. The summed E-state index contributed by atoms with van der Waals surface area (Å²) in [5.74, 6) is 6.81. The zero-order valence-corrected chi connectivity index (χ0v) is 48.3. The van der Waals surface area contributed by atoms with E-state index in [-0.39, 0.29) is 91.4 Å². The van der Waals surface area contributed by atoms with Gasteiger partial charge in [0.1, 0.15) is 22.1 Å². The first-order valence-electron chi connectivity index (χ1n) is 24.2. The van der Waals surface area contributed by atoms with Crippen LogP contribution in [0.15, 0.2) is 24.3 Å². The van der Waals surface area contributed by atoms with Crippen molar-refractivity contribution in [3.63, 3.8) is 0 Å². The fraction of sp³-hybridized carbons (Fsp3) is 0.804. The van der Waals surface area contributed by atoms with Crippen molar-refractivity contribution in [2.24, 2.45) is 82.9 Å². The van der Waals surface area contributed by atoms with Crippen LogP contribution in [0.5, 0.6) is 0 Å². The smallest absolute Gasteiger partial charge is 0 e. The Morgan fingerprint density at radius 2 is 0.956 bits per heavy atom. The zero-order valence-electron chi connectivity index (χ0n) is 39.0. The zero-order chi connectivity index (χ0) is 47.0. The number of carbonyl (C=O) groups is 6. The molecule has 68 heavy (non-hydrogen) atoms. The molecule has 384 valence electrons. The summed E-state index contributed by atoms with van der Waals surface area (Å²) in [7, 11) is 4.20. The second kappa shape index (κ2) is 25.7. The van der Waals surface area contributed by atoms with Crippen molar-refractivity contribution in [3.8, 4) is 0 Å². The fourth-order valence-electron chi connectivity index (χ4n) is 15.4. The van der Waals surface area contributed by atoms with Crippen LogP contribution >= 0.6 is 61.6 Å². The Morgan fingerprint density at radius 3 is 1.25 bits per heavy atom. The van der Waals surface area contributed by atoms with Gasteiger partial charge in [0.2, 0.25) is 5.24 Å². The first kappa shape index (κ1) is 60.1. The minimum atomic E-state index is -0.721. The average Bonchev–Trinajstić information content (AvgIpc) is 4.01. The van der Waals surface area contributed by atoms with Gasteiger partial charge < -0.3 is 24.1 Å². The van der Waals surface area contributed by atoms with E-state index in [1.54, 1.807) is 13.8 Å². The van der Waals surface area contributed by atoms with Gasteiger partial charge in [-0.2, -0.15) is 0 Å². The van der Waals surface area contributed by atoms with E-state index in [1.165, 1.54) is 44.9 Å². The first-order chi connectivity index (χ1) is 31.0. The van der Waals surface area contributed by atoms with Crippen LogP contribution in [0.4, 0.5) is 0 Å². The minimum absolute atomic E-state index is 0. The van der Waals surface area contributed by atoms with Gasteiger partial charge in [-0.1, -0.05) is 36.5 Å². The molecule has 15 fully saturated rings. The van der Waals surface area contributed by atoms with Crippen molar-refractivity contribution in [2.45, 2.75) is 153 Å². The van der Waals surface area contributed by atoms with Crippen molar-refractivity contribution in [1.82, 2.24) is 0 Å². The molecule has 0 spiro atoms. The Labute approximate surface area is 459 Å². The van der Waals surface area contributed by atoms with Gasteiger partial charge in [-0.15, -0.1) is 24.0 Å². The monoisotopic (exact) mass is 1260 g/mol. The van der Waals surface area contributed by atoms with Crippen LogP contribution in [0.25, 0.3) is 0 Å². The fourth-order valence-corrected chi connectivity index (χ4v) is 15.7. The second-order valence-electron chi connectivity index (χ2n) is 21.7. The number of cyclic esters (lactones) is 3. The number of allylic oxidation sites excluding steroid dienone is 1. The van der Waals surface area contributed by atoms with Crippen LogP contribution in [0.1, 0.15) is 137 Å². The number of aliphatic hydroxyl groups is 1. The molecule has 12 aliphatic carbocycles. The molecule has 3 heterocycles. The number of carbonyl (C=O) groups excluding carboxylic acids is 6. The Morgan fingerprint density at radius 1 is 0.618 bits per heavy atom. The van der Waals surface area contributed by atoms with Crippen LogP contribution in [-0.4, -0.2) is 75.9 Å². The topological polar surface area (TPSA) is 160 Å². The number of hydrogen-bond donors (Lipinski definition) is 1. The molecule has 0 aromatic carbocycles. The van der Waals surface area contributed by atoms with E-state index < -0.39 is 16.4 Å². The third-order valence-corrected chi connectivity index (χ3v) is 18.8. The number of halogens is 4. The van der Waals surface area contributed by atoms with Crippen LogP contribution in [0.2, 0.25) is 0 Å². The summed E-state index contributed by atoms with van der Waals surface area (Å²) < 4.78 is 21.0. The molecule has 0 radical (unpaired) electrons. The maximum absolute atomic E-state index is 12.3. The normalized spacial score (nSPS) is 41.4. The molecule has 1 N–H and O–H groups in total. The number of hydrogen-bond acceptors (Lipinski definition) is 11. The maximum atomic E-state index is 12.3. The average molecular weight is 1270 g/mol. The van der Waals surface area contributed by atoms with Crippen LogP contribution in [0, 0.1) is 82.9 Å². The molecular weight excluding hydrogens is 1200 g/mol. The Hall–Kier alpha value is -0.407. The predicted octanol–water partition coefficient (Wildman–Crippen LogP) is 10.6. The third kappa shape index (κ3) is 12.7. The van der Waals surface area contributed by atoms with Gasteiger partial charge in [0.15, 0.2) is 0 Å². The van der Waals surface area contributed by atoms with Gasteiger partial charge in [-0.25, -0.2) is 4.79 Å². The molecule has 12 bridgehead atoms.